The Bertz CT molecular complexity index is 1250. The normalized spacial score (nSPS) is 14.6. The van der Waals surface area contributed by atoms with E-state index in [1.807, 2.05) is 51.7 Å². The van der Waals surface area contributed by atoms with E-state index in [0.29, 0.717) is 18.4 Å². The monoisotopic (exact) mass is 443 g/mol. The fourth-order valence-corrected chi connectivity index (χ4v) is 4.84. The molecule has 1 aliphatic rings. The van der Waals surface area contributed by atoms with Crippen LogP contribution in [-0.2, 0) is 13.0 Å². The molecule has 1 aliphatic carbocycles. The fourth-order valence-electron chi connectivity index (χ4n) is 4.84. The molecule has 3 heterocycles. The van der Waals surface area contributed by atoms with Crippen LogP contribution in [-0.4, -0.2) is 34.7 Å². The number of rotatable bonds is 7. The molecule has 0 atom stereocenters. The SMILES string of the molecule is CCCc1cn(C2CCCCC2)c(=O)n1Cc1ccc(-c2ccccc2-c2nn[nH]n2)cn1. The zero-order valence-electron chi connectivity index (χ0n) is 18.9. The summed E-state index contributed by atoms with van der Waals surface area (Å²) in [7, 11) is 0. The molecule has 0 spiro atoms. The number of aromatic amines is 1. The standard InChI is InChI=1S/C25H29N7O/c1-2-8-21-17-32(20-9-4-3-5-10-20)25(33)31(21)16-19-14-13-18(15-26-19)22-11-6-7-12-23(22)24-27-29-30-28-24/h6-7,11-15,17,20H,2-5,8-10,16H2,1H3,(H,27,28,29,30). The van der Waals surface area contributed by atoms with Gasteiger partial charge in [-0.05, 0) is 36.1 Å². The van der Waals surface area contributed by atoms with Gasteiger partial charge in [-0.3, -0.25) is 14.1 Å². The van der Waals surface area contributed by atoms with Crippen LogP contribution in [0.5, 0.6) is 0 Å². The van der Waals surface area contributed by atoms with Crippen molar-refractivity contribution in [3.8, 4) is 22.5 Å². The molecular formula is C25H29N7O. The summed E-state index contributed by atoms with van der Waals surface area (Å²) >= 11 is 0. The number of benzene rings is 1. The number of hydrogen-bond donors (Lipinski definition) is 1. The van der Waals surface area contributed by atoms with E-state index in [2.05, 4.69) is 33.7 Å². The van der Waals surface area contributed by atoms with E-state index in [9.17, 15) is 4.79 Å². The van der Waals surface area contributed by atoms with Gasteiger partial charge in [0.2, 0.25) is 5.82 Å². The predicted molar refractivity (Wildman–Crippen MR) is 127 cm³/mol. The molecule has 4 aromatic rings. The molecule has 0 saturated heterocycles. The van der Waals surface area contributed by atoms with Gasteiger partial charge in [-0.1, -0.05) is 62.9 Å². The number of tetrazole rings is 1. The molecule has 1 aromatic carbocycles. The third-order valence-electron chi connectivity index (χ3n) is 6.53. The van der Waals surface area contributed by atoms with Crippen molar-refractivity contribution in [2.24, 2.45) is 0 Å². The van der Waals surface area contributed by atoms with E-state index in [0.717, 1.165) is 53.8 Å². The minimum absolute atomic E-state index is 0.0960. The maximum absolute atomic E-state index is 13.3. The first-order valence-corrected chi connectivity index (χ1v) is 11.8. The molecule has 1 saturated carbocycles. The molecule has 1 fully saturated rings. The average molecular weight is 444 g/mol. The summed E-state index contributed by atoms with van der Waals surface area (Å²) in [5.74, 6) is 0.550. The first-order valence-electron chi connectivity index (χ1n) is 11.8. The summed E-state index contributed by atoms with van der Waals surface area (Å²) in [4.78, 5) is 18.0. The lowest BCUT2D eigenvalue weighted by Crippen LogP contribution is -2.29. The highest BCUT2D eigenvalue weighted by atomic mass is 16.1. The van der Waals surface area contributed by atoms with Crippen LogP contribution in [0.1, 0.15) is 62.9 Å². The number of pyridine rings is 1. The lowest BCUT2D eigenvalue weighted by Gasteiger charge is -2.22. The summed E-state index contributed by atoms with van der Waals surface area (Å²) in [6, 6.07) is 12.3. The van der Waals surface area contributed by atoms with Gasteiger partial charge in [0.25, 0.3) is 0 Å². The number of aromatic nitrogens is 7. The Balaban J connectivity index is 1.42. The predicted octanol–water partition coefficient (Wildman–Crippen LogP) is 4.40. The second kappa shape index (κ2) is 9.52. The van der Waals surface area contributed by atoms with Crippen LogP contribution in [0.15, 0.2) is 53.6 Å². The lowest BCUT2D eigenvalue weighted by atomic mass is 9.95. The van der Waals surface area contributed by atoms with Crippen molar-refractivity contribution < 1.29 is 0 Å². The molecule has 0 radical (unpaired) electrons. The second-order valence-electron chi connectivity index (χ2n) is 8.76. The van der Waals surface area contributed by atoms with Gasteiger partial charge in [-0.15, -0.1) is 10.2 Å². The highest BCUT2D eigenvalue weighted by Crippen LogP contribution is 2.30. The largest absolute Gasteiger partial charge is 0.328 e. The molecule has 33 heavy (non-hydrogen) atoms. The second-order valence-corrected chi connectivity index (χ2v) is 8.76. The Morgan fingerprint density at radius 3 is 2.58 bits per heavy atom. The van der Waals surface area contributed by atoms with E-state index in [4.69, 9.17) is 4.98 Å². The van der Waals surface area contributed by atoms with E-state index in [1.165, 1.54) is 19.3 Å². The molecule has 0 unspecified atom stereocenters. The summed E-state index contributed by atoms with van der Waals surface area (Å²) in [5.41, 5.74) is 4.92. The lowest BCUT2D eigenvalue weighted by molar-refractivity contribution is 0.344. The van der Waals surface area contributed by atoms with Crippen LogP contribution in [0.3, 0.4) is 0 Å². The Morgan fingerprint density at radius 1 is 1.06 bits per heavy atom. The maximum Gasteiger partial charge on any atom is 0.328 e. The van der Waals surface area contributed by atoms with Crippen molar-refractivity contribution >= 4 is 0 Å². The van der Waals surface area contributed by atoms with Crippen molar-refractivity contribution in [1.82, 2.24) is 34.7 Å². The van der Waals surface area contributed by atoms with Crippen molar-refractivity contribution in [2.45, 2.75) is 64.5 Å². The minimum Gasteiger partial charge on any atom is -0.296 e. The fraction of sp³-hybridized carbons (Fsp3) is 0.400. The highest BCUT2D eigenvalue weighted by molar-refractivity contribution is 5.79. The molecule has 8 nitrogen and oxygen atoms in total. The van der Waals surface area contributed by atoms with Crippen molar-refractivity contribution in [3.63, 3.8) is 0 Å². The summed E-state index contributed by atoms with van der Waals surface area (Å²) in [6.07, 6.45) is 11.7. The third-order valence-corrected chi connectivity index (χ3v) is 6.53. The number of imidazole rings is 1. The van der Waals surface area contributed by atoms with Crippen LogP contribution in [0.4, 0.5) is 0 Å². The molecule has 3 aromatic heterocycles. The Kier molecular flexibility index (Phi) is 6.15. The smallest absolute Gasteiger partial charge is 0.296 e. The molecule has 1 N–H and O–H groups in total. The molecule has 0 amide bonds. The first kappa shape index (κ1) is 21.3. The molecule has 0 bridgehead atoms. The van der Waals surface area contributed by atoms with Gasteiger partial charge in [0.05, 0.1) is 12.2 Å². The van der Waals surface area contributed by atoms with Crippen LogP contribution in [0.25, 0.3) is 22.5 Å². The van der Waals surface area contributed by atoms with Gasteiger partial charge >= 0.3 is 5.69 Å². The topological polar surface area (TPSA) is 94.3 Å². The van der Waals surface area contributed by atoms with Gasteiger partial charge < -0.3 is 0 Å². The third kappa shape index (κ3) is 4.37. The van der Waals surface area contributed by atoms with Gasteiger partial charge in [0.15, 0.2) is 0 Å². The Morgan fingerprint density at radius 2 is 1.88 bits per heavy atom. The van der Waals surface area contributed by atoms with Crippen molar-refractivity contribution in [2.75, 3.05) is 0 Å². The number of nitrogens with one attached hydrogen (secondary N) is 1. The summed E-state index contributed by atoms with van der Waals surface area (Å²) in [6.45, 7) is 2.64. The van der Waals surface area contributed by atoms with Gasteiger partial charge in [0.1, 0.15) is 0 Å². The van der Waals surface area contributed by atoms with E-state index in [1.54, 1.807) is 0 Å². The summed E-state index contributed by atoms with van der Waals surface area (Å²) < 4.78 is 3.90. The van der Waals surface area contributed by atoms with Crippen LogP contribution >= 0.6 is 0 Å². The van der Waals surface area contributed by atoms with E-state index >= 15 is 0 Å². The molecule has 5 rings (SSSR count). The minimum atomic E-state index is 0.0960. The number of hydrogen-bond acceptors (Lipinski definition) is 5. The van der Waals surface area contributed by atoms with Gasteiger partial charge in [-0.2, -0.15) is 5.21 Å². The van der Waals surface area contributed by atoms with Crippen molar-refractivity contribution in [3.05, 3.63) is 70.7 Å². The van der Waals surface area contributed by atoms with E-state index < -0.39 is 0 Å². The van der Waals surface area contributed by atoms with Gasteiger partial charge in [-0.25, -0.2) is 4.79 Å². The Hall–Kier alpha value is -3.55. The zero-order valence-corrected chi connectivity index (χ0v) is 18.9. The zero-order chi connectivity index (χ0) is 22.6. The molecule has 170 valence electrons. The number of aryl methyl sites for hydroxylation is 1. The van der Waals surface area contributed by atoms with Crippen LogP contribution in [0.2, 0.25) is 0 Å². The maximum atomic E-state index is 13.3. The van der Waals surface area contributed by atoms with Crippen LogP contribution in [0, 0.1) is 0 Å². The van der Waals surface area contributed by atoms with E-state index in [-0.39, 0.29) is 5.69 Å². The number of H-pyrrole nitrogens is 1. The molecular weight excluding hydrogens is 414 g/mol. The molecule has 8 heteroatoms. The quantitative estimate of drug-likeness (QED) is 0.457. The summed E-state index contributed by atoms with van der Waals surface area (Å²) in [5, 5.41) is 14.4. The van der Waals surface area contributed by atoms with Gasteiger partial charge in [0, 0.05) is 35.3 Å². The average Bonchev–Trinajstić information content (AvgIpc) is 3.50. The highest BCUT2D eigenvalue weighted by Gasteiger charge is 2.21. The first-order chi connectivity index (χ1) is 16.2. The Labute approximate surface area is 192 Å². The number of nitrogens with zero attached hydrogens (tertiary/aromatic N) is 6. The molecule has 0 aliphatic heterocycles. The van der Waals surface area contributed by atoms with Crippen molar-refractivity contribution in [1.29, 1.82) is 0 Å². The van der Waals surface area contributed by atoms with Crippen LogP contribution < -0.4 is 5.69 Å².